The van der Waals surface area contributed by atoms with E-state index in [4.69, 9.17) is 21.1 Å². The number of hydrogen-bond donors (Lipinski definition) is 2. The summed E-state index contributed by atoms with van der Waals surface area (Å²) in [6.45, 7) is 2.51. The van der Waals surface area contributed by atoms with E-state index in [0.717, 1.165) is 19.5 Å². The van der Waals surface area contributed by atoms with Crippen LogP contribution < -0.4 is 20.1 Å². The van der Waals surface area contributed by atoms with Gasteiger partial charge in [-0.05, 0) is 6.42 Å². The highest BCUT2D eigenvalue weighted by molar-refractivity contribution is 6.34. The summed E-state index contributed by atoms with van der Waals surface area (Å²) < 4.78 is 12.6. The molecule has 0 bridgehead atoms. The van der Waals surface area contributed by atoms with Crippen molar-refractivity contribution in [2.75, 3.05) is 30.4 Å². The molecule has 1 aromatic carbocycles. The third kappa shape index (κ3) is 2.65. The highest BCUT2D eigenvalue weighted by Crippen LogP contribution is 2.38. The van der Waals surface area contributed by atoms with Crippen molar-refractivity contribution >= 4 is 29.1 Å². The zero-order chi connectivity index (χ0) is 15.8. The molecule has 1 aromatic heterocycles. The highest BCUT2D eigenvalue weighted by atomic mass is 35.5. The Morgan fingerprint density at radius 2 is 2.09 bits per heavy atom. The Labute approximate surface area is 136 Å². The number of carbonyl (C=O) groups excluding carboxylic acids is 1. The Bertz CT molecular complexity index is 753. The summed E-state index contributed by atoms with van der Waals surface area (Å²) in [7, 11) is 0. The van der Waals surface area contributed by atoms with Gasteiger partial charge < -0.3 is 20.1 Å². The van der Waals surface area contributed by atoms with Gasteiger partial charge >= 0.3 is 0 Å². The number of fused-ring (bicyclic) bond motifs is 2. The van der Waals surface area contributed by atoms with E-state index in [9.17, 15) is 4.79 Å². The molecule has 2 aromatic rings. The van der Waals surface area contributed by atoms with Gasteiger partial charge in [0.05, 0.1) is 10.7 Å². The first kappa shape index (κ1) is 14.1. The van der Waals surface area contributed by atoms with Gasteiger partial charge in [0.1, 0.15) is 13.2 Å². The standard InChI is InChI=1S/C14H14ClN5O3/c15-8-6-10-11(23-5-4-22-10)7-9(8)17-13(21)12-18-14-16-2-1-3-20(14)19-12/h6-7H,1-5H2,(H,17,21)(H,16,18,19). The van der Waals surface area contributed by atoms with Crippen molar-refractivity contribution < 1.29 is 14.3 Å². The lowest BCUT2D eigenvalue weighted by Crippen LogP contribution is -2.18. The van der Waals surface area contributed by atoms with Crippen LogP contribution in [0.3, 0.4) is 0 Å². The third-order valence-electron chi connectivity index (χ3n) is 3.58. The van der Waals surface area contributed by atoms with Gasteiger partial charge in [0.25, 0.3) is 5.91 Å². The van der Waals surface area contributed by atoms with E-state index in [0.29, 0.717) is 41.4 Å². The fraction of sp³-hybridized carbons (Fsp3) is 0.357. The van der Waals surface area contributed by atoms with E-state index >= 15 is 0 Å². The average molecular weight is 336 g/mol. The van der Waals surface area contributed by atoms with Crippen LogP contribution in [0.4, 0.5) is 11.6 Å². The molecule has 1 amide bonds. The van der Waals surface area contributed by atoms with Crippen LogP contribution in [-0.2, 0) is 6.54 Å². The first-order chi connectivity index (χ1) is 11.2. The number of anilines is 2. The van der Waals surface area contributed by atoms with Crippen molar-refractivity contribution in [1.82, 2.24) is 14.8 Å². The minimum atomic E-state index is -0.424. The maximum atomic E-state index is 12.3. The largest absolute Gasteiger partial charge is 0.486 e. The number of rotatable bonds is 2. The smallest absolute Gasteiger partial charge is 0.295 e. The Morgan fingerprint density at radius 3 is 2.87 bits per heavy atom. The molecule has 2 aliphatic heterocycles. The highest BCUT2D eigenvalue weighted by Gasteiger charge is 2.21. The van der Waals surface area contributed by atoms with Gasteiger partial charge in [0, 0.05) is 25.2 Å². The molecule has 0 atom stereocenters. The van der Waals surface area contributed by atoms with Crippen molar-refractivity contribution in [3.8, 4) is 11.5 Å². The predicted molar refractivity (Wildman–Crippen MR) is 83.5 cm³/mol. The summed E-state index contributed by atoms with van der Waals surface area (Å²) >= 11 is 6.19. The fourth-order valence-electron chi connectivity index (χ4n) is 2.49. The molecule has 0 aliphatic carbocycles. The molecule has 3 heterocycles. The van der Waals surface area contributed by atoms with Crippen LogP contribution in [0.25, 0.3) is 0 Å². The summed E-state index contributed by atoms with van der Waals surface area (Å²) in [5.41, 5.74) is 0.432. The van der Waals surface area contributed by atoms with Gasteiger partial charge in [-0.15, -0.1) is 5.10 Å². The van der Waals surface area contributed by atoms with Crippen molar-refractivity contribution in [3.63, 3.8) is 0 Å². The lowest BCUT2D eigenvalue weighted by molar-refractivity contribution is 0.101. The maximum Gasteiger partial charge on any atom is 0.295 e. The number of nitrogens with zero attached hydrogens (tertiary/aromatic N) is 3. The monoisotopic (exact) mass is 335 g/mol. The van der Waals surface area contributed by atoms with Crippen LogP contribution in [0.5, 0.6) is 11.5 Å². The molecule has 120 valence electrons. The van der Waals surface area contributed by atoms with E-state index in [2.05, 4.69) is 20.7 Å². The zero-order valence-corrected chi connectivity index (χ0v) is 12.9. The number of hydrogen-bond acceptors (Lipinski definition) is 6. The number of aryl methyl sites for hydroxylation is 1. The van der Waals surface area contributed by atoms with E-state index < -0.39 is 5.91 Å². The van der Waals surface area contributed by atoms with Gasteiger partial charge in [-0.3, -0.25) is 4.79 Å². The molecule has 2 N–H and O–H groups in total. The molecule has 4 rings (SSSR count). The second kappa shape index (κ2) is 5.62. The Hall–Kier alpha value is -2.48. The van der Waals surface area contributed by atoms with Crippen molar-refractivity contribution in [2.24, 2.45) is 0 Å². The molecular weight excluding hydrogens is 322 g/mol. The number of ether oxygens (including phenoxy) is 2. The van der Waals surface area contributed by atoms with Crippen LogP contribution in [0, 0.1) is 0 Å². The number of aromatic nitrogens is 3. The lowest BCUT2D eigenvalue weighted by atomic mass is 10.2. The topological polar surface area (TPSA) is 90.3 Å². The second-order valence-electron chi connectivity index (χ2n) is 5.19. The van der Waals surface area contributed by atoms with E-state index in [-0.39, 0.29) is 5.82 Å². The van der Waals surface area contributed by atoms with Crippen molar-refractivity contribution in [3.05, 3.63) is 23.0 Å². The van der Waals surface area contributed by atoms with Gasteiger partial charge in [-0.2, -0.15) is 4.98 Å². The quantitative estimate of drug-likeness (QED) is 0.869. The van der Waals surface area contributed by atoms with Crippen molar-refractivity contribution in [2.45, 2.75) is 13.0 Å². The van der Waals surface area contributed by atoms with Crippen LogP contribution in [0.2, 0.25) is 5.02 Å². The minimum Gasteiger partial charge on any atom is -0.486 e. The summed E-state index contributed by atoms with van der Waals surface area (Å²) in [4.78, 5) is 16.5. The summed E-state index contributed by atoms with van der Waals surface area (Å²) in [6.07, 6.45) is 0.950. The van der Waals surface area contributed by atoms with Gasteiger partial charge in [0.2, 0.25) is 11.8 Å². The van der Waals surface area contributed by atoms with E-state index in [1.54, 1.807) is 16.8 Å². The van der Waals surface area contributed by atoms with Crippen LogP contribution in [-0.4, -0.2) is 40.4 Å². The second-order valence-corrected chi connectivity index (χ2v) is 5.60. The number of halogens is 1. The van der Waals surface area contributed by atoms with Crippen LogP contribution >= 0.6 is 11.6 Å². The Balaban J connectivity index is 1.57. The van der Waals surface area contributed by atoms with E-state index in [1.165, 1.54) is 0 Å². The molecule has 23 heavy (non-hydrogen) atoms. The van der Waals surface area contributed by atoms with Gasteiger partial charge in [0.15, 0.2) is 11.5 Å². The van der Waals surface area contributed by atoms with Crippen LogP contribution in [0.15, 0.2) is 12.1 Å². The maximum absolute atomic E-state index is 12.3. The summed E-state index contributed by atoms with van der Waals surface area (Å²) in [5, 5.41) is 10.4. The lowest BCUT2D eigenvalue weighted by Gasteiger charge is -2.19. The number of amides is 1. The molecule has 0 saturated carbocycles. The normalized spacial score (nSPS) is 15.5. The minimum absolute atomic E-state index is 0.0976. The first-order valence-electron chi connectivity index (χ1n) is 7.30. The SMILES string of the molecule is O=C(Nc1cc2c(cc1Cl)OCCO2)c1nc2n(n1)CCCN2. The van der Waals surface area contributed by atoms with E-state index in [1.807, 2.05) is 0 Å². The summed E-state index contributed by atoms with van der Waals surface area (Å²) in [6, 6.07) is 3.27. The third-order valence-corrected chi connectivity index (χ3v) is 3.90. The fourth-order valence-corrected chi connectivity index (χ4v) is 2.69. The zero-order valence-electron chi connectivity index (χ0n) is 12.1. The number of nitrogens with one attached hydrogen (secondary N) is 2. The molecule has 0 unspecified atom stereocenters. The van der Waals surface area contributed by atoms with Gasteiger partial charge in [-0.1, -0.05) is 11.6 Å². The number of carbonyl (C=O) groups is 1. The molecular formula is C14H14ClN5O3. The molecule has 0 spiro atoms. The molecule has 0 saturated heterocycles. The van der Waals surface area contributed by atoms with Crippen molar-refractivity contribution in [1.29, 1.82) is 0 Å². The Morgan fingerprint density at radius 1 is 1.30 bits per heavy atom. The molecule has 0 fully saturated rings. The summed E-state index contributed by atoms with van der Waals surface area (Å²) in [5.74, 6) is 1.40. The van der Waals surface area contributed by atoms with Gasteiger partial charge in [-0.25, -0.2) is 4.68 Å². The number of benzene rings is 1. The predicted octanol–water partition coefficient (Wildman–Crippen LogP) is 1.77. The molecule has 0 radical (unpaired) electrons. The Kier molecular flexibility index (Phi) is 3.45. The molecule has 8 nitrogen and oxygen atoms in total. The first-order valence-corrected chi connectivity index (χ1v) is 7.68. The average Bonchev–Trinajstić information content (AvgIpc) is 3.00. The molecule has 9 heteroatoms. The van der Waals surface area contributed by atoms with Crippen LogP contribution in [0.1, 0.15) is 17.0 Å². The molecule has 2 aliphatic rings.